The van der Waals surface area contributed by atoms with E-state index < -0.39 is 12.1 Å². The topological polar surface area (TPSA) is 114 Å². The molecule has 6 heteroatoms. The van der Waals surface area contributed by atoms with Crippen LogP contribution in [0, 0.1) is 0 Å². The molecule has 0 aliphatic carbocycles. The number of nitrogens with two attached hydrogens (primary N) is 2. The van der Waals surface area contributed by atoms with Crippen LogP contribution in [0.2, 0.25) is 0 Å². The standard InChI is InChI=1S/C14H19N3O3/c15-6-5-9-8-17(13(16)3-4-14(19)20)12-2-1-10(18)7-11(9)12/h1-2,7-8,13,18H,3-6,15-16H2,(H,19,20). The normalized spacial score (nSPS) is 12.7. The summed E-state index contributed by atoms with van der Waals surface area (Å²) in [5.74, 6) is -0.677. The highest BCUT2D eigenvalue weighted by Gasteiger charge is 2.14. The number of aromatic hydroxyl groups is 1. The van der Waals surface area contributed by atoms with Gasteiger partial charge in [0.2, 0.25) is 0 Å². The summed E-state index contributed by atoms with van der Waals surface area (Å²) in [6.07, 6.45) is 2.53. The van der Waals surface area contributed by atoms with Crippen LogP contribution in [0.4, 0.5) is 0 Å². The van der Waals surface area contributed by atoms with Gasteiger partial charge in [0, 0.05) is 23.5 Å². The van der Waals surface area contributed by atoms with Crippen molar-refractivity contribution in [1.82, 2.24) is 4.57 Å². The third kappa shape index (κ3) is 2.92. The number of carboxylic acid groups (broad SMARTS) is 1. The lowest BCUT2D eigenvalue weighted by Crippen LogP contribution is -2.19. The fraction of sp³-hybridized carbons (Fsp3) is 0.357. The summed E-state index contributed by atoms with van der Waals surface area (Å²) in [7, 11) is 0. The molecule has 2 rings (SSSR count). The molecule has 0 aliphatic rings. The maximum Gasteiger partial charge on any atom is 0.303 e. The molecule has 108 valence electrons. The molecule has 1 unspecified atom stereocenters. The first-order valence-corrected chi connectivity index (χ1v) is 6.52. The second kappa shape index (κ2) is 5.94. The molecule has 1 heterocycles. The largest absolute Gasteiger partial charge is 0.508 e. The summed E-state index contributed by atoms with van der Waals surface area (Å²) in [4.78, 5) is 10.6. The molecule has 0 radical (unpaired) electrons. The van der Waals surface area contributed by atoms with E-state index in [4.69, 9.17) is 16.6 Å². The van der Waals surface area contributed by atoms with Crippen LogP contribution >= 0.6 is 0 Å². The van der Waals surface area contributed by atoms with E-state index in [-0.39, 0.29) is 12.2 Å². The molecule has 2 aromatic rings. The lowest BCUT2D eigenvalue weighted by Gasteiger charge is -2.14. The van der Waals surface area contributed by atoms with Gasteiger partial charge >= 0.3 is 5.97 Å². The quantitative estimate of drug-likeness (QED) is 0.632. The van der Waals surface area contributed by atoms with Crippen LogP contribution in [-0.4, -0.2) is 27.3 Å². The van der Waals surface area contributed by atoms with Crippen molar-refractivity contribution in [2.75, 3.05) is 6.54 Å². The molecule has 1 aromatic heterocycles. The Morgan fingerprint density at radius 3 is 2.80 bits per heavy atom. The summed E-state index contributed by atoms with van der Waals surface area (Å²) in [5.41, 5.74) is 13.5. The number of aromatic nitrogens is 1. The number of phenols is 1. The van der Waals surface area contributed by atoms with Gasteiger partial charge in [0.1, 0.15) is 5.75 Å². The average molecular weight is 277 g/mol. The number of carbonyl (C=O) groups is 1. The predicted octanol–water partition coefficient (Wildman–Crippen LogP) is 1.17. The van der Waals surface area contributed by atoms with Crippen molar-refractivity contribution in [3.8, 4) is 5.75 Å². The molecule has 0 bridgehead atoms. The molecular weight excluding hydrogens is 258 g/mol. The number of carboxylic acids is 1. The maximum absolute atomic E-state index is 10.6. The Labute approximate surface area is 116 Å². The molecule has 0 fully saturated rings. The van der Waals surface area contributed by atoms with Gasteiger partial charge in [-0.2, -0.15) is 0 Å². The van der Waals surface area contributed by atoms with E-state index in [1.165, 1.54) is 0 Å². The summed E-state index contributed by atoms with van der Waals surface area (Å²) in [5, 5.41) is 19.2. The highest BCUT2D eigenvalue weighted by Crippen LogP contribution is 2.28. The van der Waals surface area contributed by atoms with E-state index in [2.05, 4.69) is 0 Å². The van der Waals surface area contributed by atoms with E-state index in [9.17, 15) is 9.90 Å². The minimum Gasteiger partial charge on any atom is -0.508 e. The second-order valence-corrected chi connectivity index (χ2v) is 4.80. The van der Waals surface area contributed by atoms with Crippen molar-refractivity contribution in [2.24, 2.45) is 11.5 Å². The molecule has 1 aromatic carbocycles. The van der Waals surface area contributed by atoms with E-state index in [1.807, 2.05) is 10.8 Å². The van der Waals surface area contributed by atoms with Gasteiger partial charge in [0.25, 0.3) is 0 Å². The van der Waals surface area contributed by atoms with Crippen molar-refractivity contribution in [1.29, 1.82) is 0 Å². The molecule has 0 aliphatic heterocycles. The van der Waals surface area contributed by atoms with Crippen LogP contribution < -0.4 is 11.5 Å². The Morgan fingerprint density at radius 2 is 2.15 bits per heavy atom. The van der Waals surface area contributed by atoms with Crippen LogP contribution in [0.15, 0.2) is 24.4 Å². The van der Waals surface area contributed by atoms with Gasteiger partial charge in [0.05, 0.1) is 6.17 Å². The molecule has 0 saturated carbocycles. The third-order valence-corrected chi connectivity index (χ3v) is 3.32. The Bertz CT molecular complexity index is 621. The van der Waals surface area contributed by atoms with Crippen molar-refractivity contribution in [3.63, 3.8) is 0 Å². The fourth-order valence-electron chi connectivity index (χ4n) is 2.35. The van der Waals surface area contributed by atoms with Gasteiger partial charge in [0.15, 0.2) is 0 Å². The molecule has 0 spiro atoms. The van der Waals surface area contributed by atoms with Gasteiger partial charge in [-0.15, -0.1) is 0 Å². The van der Waals surface area contributed by atoms with Crippen molar-refractivity contribution < 1.29 is 15.0 Å². The fourth-order valence-corrected chi connectivity index (χ4v) is 2.35. The van der Waals surface area contributed by atoms with Crippen LogP contribution in [-0.2, 0) is 11.2 Å². The van der Waals surface area contributed by atoms with Gasteiger partial charge in [-0.3, -0.25) is 4.79 Å². The molecule has 0 saturated heterocycles. The molecule has 6 nitrogen and oxygen atoms in total. The summed E-state index contributed by atoms with van der Waals surface area (Å²) in [6, 6.07) is 5.06. The first-order valence-electron chi connectivity index (χ1n) is 6.52. The van der Waals surface area contributed by atoms with Crippen LogP contribution in [0.5, 0.6) is 5.75 Å². The zero-order valence-electron chi connectivity index (χ0n) is 11.1. The molecule has 6 N–H and O–H groups in total. The zero-order valence-corrected chi connectivity index (χ0v) is 11.1. The first-order chi connectivity index (χ1) is 9.52. The highest BCUT2D eigenvalue weighted by atomic mass is 16.4. The number of benzene rings is 1. The predicted molar refractivity (Wildman–Crippen MR) is 76.5 cm³/mol. The lowest BCUT2D eigenvalue weighted by atomic mass is 10.1. The Morgan fingerprint density at radius 1 is 1.40 bits per heavy atom. The van der Waals surface area contributed by atoms with Gasteiger partial charge < -0.3 is 26.2 Å². The first kappa shape index (κ1) is 14.4. The molecule has 1 atom stereocenters. The Kier molecular flexibility index (Phi) is 4.26. The number of phenolic OH excluding ortho intramolecular Hbond substituents is 1. The van der Waals surface area contributed by atoms with E-state index in [1.54, 1.807) is 18.2 Å². The minimum atomic E-state index is -0.864. The maximum atomic E-state index is 10.6. The number of hydrogen-bond donors (Lipinski definition) is 4. The van der Waals surface area contributed by atoms with Crippen molar-refractivity contribution in [3.05, 3.63) is 30.0 Å². The van der Waals surface area contributed by atoms with Gasteiger partial charge in [-0.1, -0.05) is 0 Å². The van der Waals surface area contributed by atoms with Gasteiger partial charge in [-0.05, 0) is 43.1 Å². The molecule has 20 heavy (non-hydrogen) atoms. The molecule has 0 amide bonds. The van der Waals surface area contributed by atoms with Crippen LogP contribution in [0.25, 0.3) is 10.9 Å². The smallest absolute Gasteiger partial charge is 0.303 e. The highest BCUT2D eigenvalue weighted by molar-refractivity contribution is 5.85. The summed E-state index contributed by atoms with van der Waals surface area (Å²) in [6.45, 7) is 0.499. The summed E-state index contributed by atoms with van der Waals surface area (Å²) >= 11 is 0. The van der Waals surface area contributed by atoms with Crippen LogP contribution in [0.3, 0.4) is 0 Å². The number of rotatable bonds is 6. The second-order valence-electron chi connectivity index (χ2n) is 4.80. The van der Waals surface area contributed by atoms with Gasteiger partial charge in [-0.25, -0.2) is 0 Å². The van der Waals surface area contributed by atoms with E-state index >= 15 is 0 Å². The Hall–Kier alpha value is -2.05. The summed E-state index contributed by atoms with van der Waals surface area (Å²) < 4.78 is 1.85. The number of aliphatic carboxylic acids is 1. The minimum absolute atomic E-state index is 0.0190. The average Bonchev–Trinajstić information content (AvgIpc) is 2.75. The van der Waals surface area contributed by atoms with Crippen molar-refractivity contribution >= 4 is 16.9 Å². The number of fused-ring (bicyclic) bond motifs is 1. The van der Waals surface area contributed by atoms with E-state index in [0.29, 0.717) is 19.4 Å². The van der Waals surface area contributed by atoms with E-state index in [0.717, 1.165) is 16.5 Å². The number of hydrogen-bond acceptors (Lipinski definition) is 4. The monoisotopic (exact) mass is 277 g/mol. The zero-order chi connectivity index (χ0) is 14.7. The van der Waals surface area contributed by atoms with Crippen LogP contribution in [0.1, 0.15) is 24.6 Å². The number of nitrogens with zero attached hydrogens (tertiary/aromatic N) is 1. The Balaban J connectivity index is 2.39. The molecular formula is C14H19N3O3. The van der Waals surface area contributed by atoms with Crippen molar-refractivity contribution in [2.45, 2.75) is 25.4 Å². The SMILES string of the molecule is NCCc1cn(C(N)CCC(=O)O)c2ccc(O)cc12. The lowest BCUT2D eigenvalue weighted by molar-refractivity contribution is -0.137. The third-order valence-electron chi connectivity index (χ3n) is 3.32.